The normalized spacial score (nSPS) is 10.2. The Balaban J connectivity index is 1.68. The zero-order valence-corrected chi connectivity index (χ0v) is 16.4. The molecule has 1 heterocycles. The second-order valence-corrected chi connectivity index (χ2v) is 5.99. The average Bonchev–Trinajstić information content (AvgIpc) is 2.77. The minimum atomic E-state index is -0.291. The van der Waals surface area contributed by atoms with Crippen molar-refractivity contribution in [3.05, 3.63) is 66.1 Å². The van der Waals surface area contributed by atoms with Crippen molar-refractivity contribution in [2.45, 2.75) is 6.54 Å². The van der Waals surface area contributed by atoms with Gasteiger partial charge in [-0.1, -0.05) is 30.3 Å². The van der Waals surface area contributed by atoms with Gasteiger partial charge in [0.15, 0.2) is 11.5 Å². The van der Waals surface area contributed by atoms with Crippen molar-refractivity contribution >= 4 is 17.4 Å². The summed E-state index contributed by atoms with van der Waals surface area (Å²) in [5, 5.41) is 5.93. The summed E-state index contributed by atoms with van der Waals surface area (Å²) in [6, 6.07) is 13.2. The molecule has 1 aromatic heterocycles. The van der Waals surface area contributed by atoms with Gasteiger partial charge >= 0.3 is 0 Å². The van der Waals surface area contributed by atoms with Crippen LogP contribution in [-0.4, -0.2) is 37.2 Å². The van der Waals surface area contributed by atoms with Crippen LogP contribution in [0.3, 0.4) is 0 Å². The van der Waals surface area contributed by atoms with Gasteiger partial charge < -0.3 is 24.8 Å². The zero-order valence-electron chi connectivity index (χ0n) is 16.4. The lowest BCUT2D eigenvalue weighted by molar-refractivity contribution is 0.0945. The van der Waals surface area contributed by atoms with Crippen LogP contribution in [0.2, 0.25) is 0 Å². The Kier molecular flexibility index (Phi) is 6.47. The first-order valence-electron chi connectivity index (χ1n) is 8.85. The summed E-state index contributed by atoms with van der Waals surface area (Å²) in [7, 11) is 4.63. The summed E-state index contributed by atoms with van der Waals surface area (Å²) in [5.74, 6) is 1.70. The van der Waals surface area contributed by atoms with Crippen molar-refractivity contribution in [1.29, 1.82) is 0 Å². The Morgan fingerprint density at radius 2 is 1.62 bits per heavy atom. The number of hydrogen-bond donors (Lipinski definition) is 2. The first-order chi connectivity index (χ1) is 14.1. The lowest BCUT2D eigenvalue weighted by atomic mass is 10.2. The number of rotatable bonds is 8. The molecule has 8 nitrogen and oxygen atoms in total. The van der Waals surface area contributed by atoms with E-state index in [1.54, 1.807) is 33.5 Å². The number of carbonyl (C=O) groups excluding carboxylic acids is 1. The highest BCUT2D eigenvalue weighted by atomic mass is 16.5. The van der Waals surface area contributed by atoms with Crippen molar-refractivity contribution in [2.75, 3.05) is 26.6 Å². The number of amides is 1. The molecule has 0 atom stereocenters. The van der Waals surface area contributed by atoms with Crippen LogP contribution in [-0.2, 0) is 6.54 Å². The van der Waals surface area contributed by atoms with E-state index in [0.717, 1.165) is 5.56 Å². The molecule has 29 heavy (non-hydrogen) atoms. The van der Waals surface area contributed by atoms with Crippen molar-refractivity contribution in [3.63, 3.8) is 0 Å². The van der Waals surface area contributed by atoms with Gasteiger partial charge in [0, 0.05) is 24.4 Å². The number of ether oxygens (including phenoxy) is 3. The van der Waals surface area contributed by atoms with Crippen LogP contribution < -0.4 is 24.8 Å². The van der Waals surface area contributed by atoms with Crippen LogP contribution in [0.15, 0.2) is 54.9 Å². The molecule has 2 N–H and O–H groups in total. The fraction of sp³-hybridized carbons (Fsp3) is 0.190. The van der Waals surface area contributed by atoms with Gasteiger partial charge in [-0.25, -0.2) is 9.97 Å². The van der Waals surface area contributed by atoms with Gasteiger partial charge in [0.1, 0.15) is 11.5 Å². The van der Waals surface area contributed by atoms with E-state index < -0.39 is 0 Å². The Hall–Kier alpha value is -3.81. The van der Waals surface area contributed by atoms with Crippen molar-refractivity contribution < 1.29 is 19.0 Å². The number of hydrogen-bond acceptors (Lipinski definition) is 7. The fourth-order valence-electron chi connectivity index (χ4n) is 2.68. The molecule has 0 saturated carbocycles. The largest absolute Gasteiger partial charge is 0.493 e. The van der Waals surface area contributed by atoms with Gasteiger partial charge in [0.25, 0.3) is 5.91 Å². The van der Waals surface area contributed by atoms with Gasteiger partial charge in [-0.15, -0.1) is 0 Å². The Bertz CT molecular complexity index is 937. The van der Waals surface area contributed by atoms with Crippen LogP contribution in [0.25, 0.3) is 0 Å². The number of methoxy groups -OCH3 is 3. The topological polar surface area (TPSA) is 94.6 Å². The fourth-order valence-corrected chi connectivity index (χ4v) is 2.68. The molecule has 150 valence electrons. The van der Waals surface area contributed by atoms with E-state index in [1.165, 1.54) is 12.4 Å². The third-order valence-corrected chi connectivity index (χ3v) is 4.12. The van der Waals surface area contributed by atoms with E-state index in [4.69, 9.17) is 14.2 Å². The van der Waals surface area contributed by atoms with E-state index in [-0.39, 0.29) is 11.6 Å². The highest BCUT2D eigenvalue weighted by Gasteiger charge is 2.14. The Morgan fingerprint density at radius 3 is 2.17 bits per heavy atom. The third kappa shape index (κ3) is 4.92. The standard InChI is InChI=1S/C21H22N4O4/c1-27-17-9-15(10-18(28-2)20(17)29-3)25-19-13-22-16(12-23-19)21(26)24-11-14-7-5-4-6-8-14/h4-10,12-13H,11H2,1-3H3,(H,23,25)(H,24,26). The summed E-state index contributed by atoms with van der Waals surface area (Å²) in [6.07, 6.45) is 2.90. The summed E-state index contributed by atoms with van der Waals surface area (Å²) in [5.41, 5.74) is 1.92. The number of nitrogens with zero attached hydrogens (tertiary/aromatic N) is 2. The number of nitrogens with one attached hydrogen (secondary N) is 2. The molecule has 3 aromatic rings. The van der Waals surface area contributed by atoms with E-state index in [0.29, 0.717) is 35.3 Å². The molecule has 2 aromatic carbocycles. The van der Waals surface area contributed by atoms with E-state index in [2.05, 4.69) is 20.6 Å². The van der Waals surface area contributed by atoms with Crippen LogP contribution in [0, 0.1) is 0 Å². The molecular formula is C21H22N4O4. The van der Waals surface area contributed by atoms with Crippen molar-refractivity contribution in [2.24, 2.45) is 0 Å². The smallest absolute Gasteiger partial charge is 0.271 e. The molecule has 8 heteroatoms. The molecule has 0 fully saturated rings. The molecule has 0 radical (unpaired) electrons. The first-order valence-corrected chi connectivity index (χ1v) is 8.85. The summed E-state index contributed by atoms with van der Waals surface area (Å²) >= 11 is 0. The lowest BCUT2D eigenvalue weighted by Crippen LogP contribution is -2.24. The van der Waals surface area contributed by atoms with Gasteiger partial charge in [0.05, 0.1) is 33.7 Å². The molecule has 0 aliphatic heterocycles. The summed E-state index contributed by atoms with van der Waals surface area (Å²) in [4.78, 5) is 20.7. The highest BCUT2D eigenvalue weighted by Crippen LogP contribution is 2.40. The number of aromatic nitrogens is 2. The first kappa shape index (κ1) is 19.9. The Morgan fingerprint density at radius 1 is 0.931 bits per heavy atom. The molecule has 3 rings (SSSR count). The summed E-state index contributed by atoms with van der Waals surface area (Å²) < 4.78 is 16.0. The van der Waals surface area contributed by atoms with Crippen LogP contribution >= 0.6 is 0 Å². The maximum Gasteiger partial charge on any atom is 0.271 e. The van der Waals surface area contributed by atoms with Gasteiger partial charge in [-0.3, -0.25) is 4.79 Å². The SMILES string of the molecule is COc1cc(Nc2cnc(C(=O)NCc3ccccc3)cn2)cc(OC)c1OC. The average molecular weight is 394 g/mol. The molecule has 0 aliphatic carbocycles. The molecular weight excluding hydrogens is 372 g/mol. The Labute approximate surface area is 168 Å². The van der Waals surface area contributed by atoms with Crippen LogP contribution in [0.5, 0.6) is 17.2 Å². The highest BCUT2D eigenvalue weighted by molar-refractivity contribution is 5.92. The van der Waals surface area contributed by atoms with Gasteiger partial charge in [-0.05, 0) is 5.56 Å². The van der Waals surface area contributed by atoms with Gasteiger partial charge in [-0.2, -0.15) is 0 Å². The van der Waals surface area contributed by atoms with Crippen molar-refractivity contribution in [3.8, 4) is 17.2 Å². The van der Waals surface area contributed by atoms with Crippen LogP contribution in [0.1, 0.15) is 16.1 Å². The zero-order chi connectivity index (χ0) is 20.6. The number of anilines is 2. The maximum atomic E-state index is 12.2. The van der Waals surface area contributed by atoms with Gasteiger partial charge in [0.2, 0.25) is 5.75 Å². The van der Waals surface area contributed by atoms with E-state index in [1.807, 2.05) is 30.3 Å². The van der Waals surface area contributed by atoms with Crippen LogP contribution in [0.4, 0.5) is 11.5 Å². The maximum absolute atomic E-state index is 12.2. The molecule has 0 unspecified atom stereocenters. The molecule has 0 spiro atoms. The van der Waals surface area contributed by atoms with E-state index >= 15 is 0 Å². The van der Waals surface area contributed by atoms with E-state index in [9.17, 15) is 4.79 Å². The second-order valence-electron chi connectivity index (χ2n) is 5.99. The quantitative estimate of drug-likeness (QED) is 0.606. The predicted octanol–water partition coefficient (Wildman–Crippen LogP) is 3.18. The minimum Gasteiger partial charge on any atom is -0.493 e. The molecule has 1 amide bonds. The molecule has 0 bridgehead atoms. The summed E-state index contributed by atoms with van der Waals surface area (Å²) in [6.45, 7) is 0.423. The monoisotopic (exact) mass is 394 g/mol. The molecule has 0 saturated heterocycles. The number of carbonyl (C=O) groups is 1. The third-order valence-electron chi connectivity index (χ3n) is 4.12. The second kappa shape index (κ2) is 9.41. The predicted molar refractivity (Wildman–Crippen MR) is 109 cm³/mol. The lowest BCUT2D eigenvalue weighted by Gasteiger charge is -2.14. The molecule has 0 aliphatic rings. The minimum absolute atomic E-state index is 0.233. The number of benzene rings is 2. The van der Waals surface area contributed by atoms with Crippen molar-refractivity contribution in [1.82, 2.24) is 15.3 Å².